The summed E-state index contributed by atoms with van der Waals surface area (Å²) in [5.74, 6) is -0.712. The van der Waals surface area contributed by atoms with Crippen molar-refractivity contribution in [1.29, 1.82) is 0 Å². The summed E-state index contributed by atoms with van der Waals surface area (Å²) in [5.41, 5.74) is 4.83. The van der Waals surface area contributed by atoms with Gasteiger partial charge in [-0.1, -0.05) is 0 Å². The Morgan fingerprint density at radius 2 is 2.00 bits per heavy atom. The molecule has 0 radical (unpaired) electrons. The molecule has 0 heterocycles. The zero-order valence-corrected chi connectivity index (χ0v) is 6.97. The molecule has 0 aromatic heterocycles. The lowest BCUT2D eigenvalue weighted by atomic mass is 10.4. The summed E-state index contributed by atoms with van der Waals surface area (Å²) in [5, 5.41) is 0. The monoisotopic (exact) mass is 196 g/mol. The maximum atomic E-state index is 12.0. The molecule has 0 aromatic rings. The molecule has 0 aromatic carbocycles. The van der Waals surface area contributed by atoms with Gasteiger partial charge in [-0.2, -0.15) is 13.2 Å². The lowest BCUT2D eigenvalue weighted by Crippen LogP contribution is -2.41. The van der Waals surface area contributed by atoms with E-state index in [4.69, 9.17) is 5.73 Å². The molecule has 1 fully saturated rings. The third-order valence-corrected chi connectivity index (χ3v) is 1.80. The number of primary amides is 1. The number of nitrogens with two attached hydrogens (primary N) is 1. The highest BCUT2D eigenvalue weighted by atomic mass is 19.4. The van der Waals surface area contributed by atoms with Crippen LogP contribution < -0.4 is 5.73 Å². The SMILES string of the molecule is NC(=O)CN(CC(F)(F)F)C1CC1. The highest BCUT2D eigenvalue weighted by molar-refractivity contribution is 5.76. The molecule has 3 nitrogen and oxygen atoms in total. The highest BCUT2D eigenvalue weighted by Crippen LogP contribution is 2.29. The molecular weight excluding hydrogens is 185 g/mol. The van der Waals surface area contributed by atoms with Crippen LogP contribution in [0.15, 0.2) is 0 Å². The zero-order chi connectivity index (χ0) is 10.1. The fourth-order valence-electron chi connectivity index (χ4n) is 1.18. The van der Waals surface area contributed by atoms with E-state index in [1.807, 2.05) is 0 Å². The van der Waals surface area contributed by atoms with E-state index in [0.717, 1.165) is 17.7 Å². The minimum absolute atomic E-state index is 0.103. The van der Waals surface area contributed by atoms with Crippen molar-refractivity contribution in [3.63, 3.8) is 0 Å². The molecule has 0 bridgehead atoms. The summed E-state index contributed by atoms with van der Waals surface area (Å²) in [4.78, 5) is 11.5. The second kappa shape index (κ2) is 3.53. The van der Waals surface area contributed by atoms with Crippen molar-refractivity contribution >= 4 is 5.91 Å². The summed E-state index contributed by atoms with van der Waals surface area (Å²) in [6.45, 7) is -1.34. The molecule has 13 heavy (non-hydrogen) atoms. The molecule has 6 heteroatoms. The van der Waals surface area contributed by atoms with Crippen LogP contribution in [0.3, 0.4) is 0 Å². The molecule has 0 atom stereocenters. The molecular formula is C7H11F3N2O. The average Bonchev–Trinajstić information content (AvgIpc) is 2.60. The van der Waals surface area contributed by atoms with Crippen LogP contribution in [0, 0.1) is 0 Å². The Kier molecular flexibility index (Phi) is 2.80. The van der Waals surface area contributed by atoms with Crippen LogP contribution in [0.5, 0.6) is 0 Å². The van der Waals surface area contributed by atoms with Gasteiger partial charge in [0.2, 0.25) is 5.91 Å². The Labute approximate surface area is 73.7 Å². The first-order chi connectivity index (χ1) is 5.88. The van der Waals surface area contributed by atoms with Crippen molar-refractivity contribution in [2.45, 2.75) is 25.1 Å². The van der Waals surface area contributed by atoms with Crippen LogP contribution in [0.1, 0.15) is 12.8 Å². The van der Waals surface area contributed by atoms with Gasteiger partial charge >= 0.3 is 6.18 Å². The van der Waals surface area contributed by atoms with Gasteiger partial charge in [0.15, 0.2) is 0 Å². The molecule has 0 aliphatic heterocycles. The molecule has 1 rings (SSSR count). The van der Waals surface area contributed by atoms with E-state index in [2.05, 4.69) is 0 Å². The largest absolute Gasteiger partial charge is 0.401 e. The molecule has 1 amide bonds. The predicted octanol–water partition coefficient (Wildman–Crippen LogP) is 0.498. The third kappa shape index (κ3) is 4.12. The van der Waals surface area contributed by atoms with Gasteiger partial charge in [-0.3, -0.25) is 9.69 Å². The van der Waals surface area contributed by atoms with Crippen molar-refractivity contribution < 1.29 is 18.0 Å². The van der Waals surface area contributed by atoms with Gasteiger partial charge in [0.05, 0.1) is 13.1 Å². The van der Waals surface area contributed by atoms with Crippen LogP contribution in [0.4, 0.5) is 13.2 Å². The van der Waals surface area contributed by atoms with Crippen molar-refractivity contribution in [1.82, 2.24) is 4.90 Å². The van der Waals surface area contributed by atoms with Crippen molar-refractivity contribution in [3.8, 4) is 0 Å². The van der Waals surface area contributed by atoms with Gasteiger partial charge in [-0.05, 0) is 12.8 Å². The summed E-state index contributed by atoms with van der Waals surface area (Å²) in [6.07, 6.45) is -2.80. The lowest BCUT2D eigenvalue weighted by molar-refractivity contribution is -0.149. The van der Waals surface area contributed by atoms with Gasteiger partial charge < -0.3 is 5.73 Å². The van der Waals surface area contributed by atoms with Gasteiger partial charge in [0.1, 0.15) is 0 Å². The number of halogens is 3. The Morgan fingerprint density at radius 3 is 2.31 bits per heavy atom. The summed E-state index contributed by atoms with van der Waals surface area (Å²) >= 11 is 0. The number of carbonyl (C=O) groups excluding carboxylic acids is 1. The quantitative estimate of drug-likeness (QED) is 0.711. The highest BCUT2D eigenvalue weighted by Gasteiger charge is 2.38. The van der Waals surface area contributed by atoms with Gasteiger partial charge in [0.25, 0.3) is 0 Å². The van der Waals surface area contributed by atoms with Crippen molar-refractivity contribution in [2.75, 3.05) is 13.1 Å². The smallest absolute Gasteiger partial charge is 0.369 e. The third-order valence-electron chi connectivity index (χ3n) is 1.80. The van der Waals surface area contributed by atoms with Crippen LogP contribution in [0.25, 0.3) is 0 Å². The molecule has 1 aliphatic carbocycles. The van der Waals surface area contributed by atoms with Crippen LogP contribution >= 0.6 is 0 Å². The number of nitrogens with zero attached hydrogens (tertiary/aromatic N) is 1. The lowest BCUT2D eigenvalue weighted by Gasteiger charge is -2.21. The predicted molar refractivity (Wildman–Crippen MR) is 39.8 cm³/mol. The van der Waals surface area contributed by atoms with E-state index in [1.54, 1.807) is 0 Å². The maximum absolute atomic E-state index is 12.0. The Balaban J connectivity index is 2.42. The number of rotatable bonds is 4. The van der Waals surface area contributed by atoms with Gasteiger partial charge in [0, 0.05) is 6.04 Å². The minimum Gasteiger partial charge on any atom is -0.369 e. The molecule has 2 N–H and O–H groups in total. The molecule has 1 saturated carbocycles. The Morgan fingerprint density at radius 1 is 1.46 bits per heavy atom. The van der Waals surface area contributed by atoms with E-state index in [0.29, 0.717) is 0 Å². The summed E-state index contributed by atoms with van der Waals surface area (Å²) in [6, 6.07) is -0.103. The summed E-state index contributed by atoms with van der Waals surface area (Å²) < 4.78 is 35.9. The van der Waals surface area contributed by atoms with Crippen LogP contribution in [0.2, 0.25) is 0 Å². The number of hydrogen-bond donors (Lipinski definition) is 1. The van der Waals surface area contributed by atoms with Crippen molar-refractivity contribution in [2.24, 2.45) is 5.73 Å². The number of carbonyl (C=O) groups is 1. The van der Waals surface area contributed by atoms with Crippen LogP contribution in [-0.4, -0.2) is 36.1 Å². The standard InChI is InChI=1S/C7H11F3N2O/c8-7(9,10)4-12(3-6(11)13)5-1-2-5/h5H,1-4H2,(H2,11,13). The molecule has 0 saturated heterocycles. The Hall–Kier alpha value is -0.780. The fraction of sp³-hybridized carbons (Fsp3) is 0.857. The molecule has 0 spiro atoms. The van der Waals surface area contributed by atoms with Gasteiger partial charge in [-0.25, -0.2) is 0 Å². The zero-order valence-electron chi connectivity index (χ0n) is 6.97. The first kappa shape index (κ1) is 10.3. The molecule has 0 unspecified atom stereocenters. The molecule has 1 aliphatic rings. The first-order valence-corrected chi connectivity index (χ1v) is 3.97. The van der Waals surface area contributed by atoms with E-state index >= 15 is 0 Å². The molecule has 76 valence electrons. The van der Waals surface area contributed by atoms with Crippen LogP contribution in [-0.2, 0) is 4.79 Å². The van der Waals surface area contributed by atoms with E-state index in [9.17, 15) is 18.0 Å². The number of alkyl halides is 3. The number of amides is 1. The fourth-order valence-corrected chi connectivity index (χ4v) is 1.18. The summed E-state index contributed by atoms with van der Waals surface area (Å²) in [7, 11) is 0. The second-order valence-corrected chi connectivity index (χ2v) is 3.22. The normalized spacial score (nSPS) is 17.8. The van der Waals surface area contributed by atoms with Gasteiger partial charge in [-0.15, -0.1) is 0 Å². The topological polar surface area (TPSA) is 46.3 Å². The Bertz CT molecular complexity index is 200. The first-order valence-electron chi connectivity index (χ1n) is 3.97. The maximum Gasteiger partial charge on any atom is 0.401 e. The minimum atomic E-state index is -4.25. The van der Waals surface area contributed by atoms with Crippen molar-refractivity contribution in [3.05, 3.63) is 0 Å². The second-order valence-electron chi connectivity index (χ2n) is 3.22. The van der Waals surface area contributed by atoms with E-state index in [-0.39, 0.29) is 12.6 Å². The number of hydrogen-bond acceptors (Lipinski definition) is 2. The van der Waals surface area contributed by atoms with E-state index in [1.165, 1.54) is 0 Å². The van der Waals surface area contributed by atoms with E-state index < -0.39 is 18.6 Å². The average molecular weight is 196 g/mol.